The third-order valence-electron chi connectivity index (χ3n) is 2.27. The first-order chi connectivity index (χ1) is 5.27. The first-order valence-corrected chi connectivity index (χ1v) is 4.25. The summed E-state index contributed by atoms with van der Waals surface area (Å²) < 4.78 is 0. The van der Waals surface area contributed by atoms with Gasteiger partial charge >= 0.3 is 0 Å². The SMILES string of the molecule is C[C@H](NC(CO)CO)C1CC1. The van der Waals surface area contributed by atoms with Crippen molar-refractivity contribution in [2.75, 3.05) is 13.2 Å². The zero-order valence-corrected chi connectivity index (χ0v) is 6.95. The summed E-state index contributed by atoms with van der Waals surface area (Å²) in [7, 11) is 0. The highest BCUT2D eigenvalue weighted by molar-refractivity contribution is 4.85. The molecule has 1 rings (SSSR count). The van der Waals surface area contributed by atoms with Gasteiger partial charge in [-0.3, -0.25) is 0 Å². The summed E-state index contributed by atoms with van der Waals surface area (Å²) in [6.45, 7) is 2.15. The molecule has 66 valence electrons. The summed E-state index contributed by atoms with van der Waals surface area (Å²) in [6, 6.07) is 0.310. The van der Waals surface area contributed by atoms with Crippen LogP contribution < -0.4 is 5.32 Å². The molecule has 3 nitrogen and oxygen atoms in total. The Balaban J connectivity index is 2.15. The van der Waals surface area contributed by atoms with Crippen molar-refractivity contribution in [3.05, 3.63) is 0 Å². The molecule has 1 atom stereocenters. The molecule has 1 aliphatic rings. The van der Waals surface area contributed by atoms with E-state index < -0.39 is 0 Å². The van der Waals surface area contributed by atoms with Gasteiger partial charge in [-0.1, -0.05) is 0 Å². The van der Waals surface area contributed by atoms with E-state index in [0.29, 0.717) is 6.04 Å². The Morgan fingerprint density at radius 1 is 1.36 bits per heavy atom. The van der Waals surface area contributed by atoms with E-state index >= 15 is 0 Å². The topological polar surface area (TPSA) is 52.5 Å². The Morgan fingerprint density at radius 3 is 2.27 bits per heavy atom. The van der Waals surface area contributed by atoms with Crippen molar-refractivity contribution in [3.63, 3.8) is 0 Å². The van der Waals surface area contributed by atoms with Gasteiger partial charge in [0, 0.05) is 6.04 Å². The van der Waals surface area contributed by atoms with Gasteiger partial charge in [-0.25, -0.2) is 0 Å². The maximum atomic E-state index is 8.75. The molecule has 0 radical (unpaired) electrons. The van der Waals surface area contributed by atoms with Crippen molar-refractivity contribution in [1.29, 1.82) is 0 Å². The van der Waals surface area contributed by atoms with Gasteiger partial charge in [0.1, 0.15) is 0 Å². The molecule has 1 saturated carbocycles. The van der Waals surface area contributed by atoms with E-state index in [1.807, 2.05) is 0 Å². The van der Waals surface area contributed by atoms with Gasteiger partial charge in [0.25, 0.3) is 0 Å². The lowest BCUT2D eigenvalue weighted by Gasteiger charge is -2.19. The molecule has 0 aromatic carbocycles. The quantitative estimate of drug-likeness (QED) is 0.517. The molecule has 11 heavy (non-hydrogen) atoms. The van der Waals surface area contributed by atoms with Crippen molar-refractivity contribution in [3.8, 4) is 0 Å². The fourth-order valence-corrected chi connectivity index (χ4v) is 1.27. The molecule has 1 aliphatic carbocycles. The molecule has 0 aliphatic heterocycles. The molecule has 3 heteroatoms. The molecule has 0 aromatic heterocycles. The predicted molar refractivity (Wildman–Crippen MR) is 43.3 cm³/mol. The van der Waals surface area contributed by atoms with Crippen molar-refractivity contribution in [1.82, 2.24) is 5.32 Å². The van der Waals surface area contributed by atoms with E-state index in [9.17, 15) is 0 Å². The molecule has 0 spiro atoms. The Kier molecular flexibility index (Phi) is 3.30. The largest absolute Gasteiger partial charge is 0.395 e. The Hall–Kier alpha value is -0.120. The van der Waals surface area contributed by atoms with Crippen LogP contribution in [0.2, 0.25) is 0 Å². The lowest BCUT2D eigenvalue weighted by Crippen LogP contribution is -2.42. The standard InChI is InChI=1S/C8H17NO2/c1-6(7-2-3-7)9-8(4-10)5-11/h6-11H,2-5H2,1H3/t6-/m0/s1. The molecular weight excluding hydrogens is 142 g/mol. The third-order valence-corrected chi connectivity index (χ3v) is 2.27. The van der Waals surface area contributed by atoms with Gasteiger partial charge in [-0.05, 0) is 25.7 Å². The first-order valence-electron chi connectivity index (χ1n) is 4.25. The number of nitrogens with one attached hydrogen (secondary N) is 1. The third kappa shape index (κ3) is 2.77. The van der Waals surface area contributed by atoms with Crippen LogP contribution in [0.3, 0.4) is 0 Å². The number of aliphatic hydroxyl groups is 2. The monoisotopic (exact) mass is 159 g/mol. The van der Waals surface area contributed by atoms with Crippen LogP contribution >= 0.6 is 0 Å². The molecule has 3 N–H and O–H groups in total. The highest BCUT2D eigenvalue weighted by Crippen LogP contribution is 2.32. The fraction of sp³-hybridized carbons (Fsp3) is 1.00. The van der Waals surface area contributed by atoms with Crippen LogP contribution in [-0.4, -0.2) is 35.5 Å². The maximum absolute atomic E-state index is 8.75. The first kappa shape index (κ1) is 8.97. The van der Waals surface area contributed by atoms with Gasteiger partial charge in [-0.15, -0.1) is 0 Å². The Labute approximate surface area is 67.4 Å². The van der Waals surface area contributed by atoms with Crippen LogP contribution in [0, 0.1) is 5.92 Å². The highest BCUT2D eigenvalue weighted by Gasteiger charge is 2.28. The van der Waals surface area contributed by atoms with E-state index in [1.54, 1.807) is 0 Å². The molecule has 0 saturated heterocycles. The Morgan fingerprint density at radius 2 is 1.91 bits per heavy atom. The van der Waals surface area contributed by atoms with E-state index in [2.05, 4.69) is 12.2 Å². The fourth-order valence-electron chi connectivity index (χ4n) is 1.27. The van der Waals surface area contributed by atoms with Crippen LogP contribution in [-0.2, 0) is 0 Å². The molecule has 0 bridgehead atoms. The average molecular weight is 159 g/mol. The predicted octanol–water partition coefficient (Wildman–Crippen LogP) is -0.272. The zero-order valence-electron chi connectivity index (χ0n) is 6.95. The number of hydrogen-bond acceptors (Lipinski definition) is 3. The maximum Gasteiger partial charge on any atom is 0.0607 e. The molecular formula is C8H17NO2. The summed E-state index contributed by atoms with van der Waals surface area (Å²) in [4.78, 5) is 0. The van der Waals surface area contributed by atoms with Crippen molar-refractivity contribution < 1.29 is 10.2 Å². The van der Waals surface area contributed by atoms with E-state index in [4.69, 9.17) is 10.2 Å². The van der Waals surface area contributed by atoms with E-state index in [-0.39, 0.29) is 19.3 Å². The smallest absolute Gasteiger partial charge is 0.0607 e. The van der Waals surface area contributed by atoms with Gasteiger partial charge in [0.2, 0.25) is 0 Å². The second-order valence-corrected chi connectivity index (χ2v) is 3.35. The van der Waals surface area contributed by atoms with Crippen LogP contribution in [0.5, 0.6) is 0 Å². The highest BCUT2D eigenvalue weighted by atomic mass is 16.3. The van der Waals surface area contributed by atoms with Crippen molar-refractivity contribution in [2.24, 2.45) is 5.92 Å². The van der Waals surface area contributed by atoms with Gasteiger partial charge in [0.15, 0.2) is 0 Å². The average Bonchev–Trinajstić information content (AvgIpc) is 2.81. The molecule has 0 heterocycles. The van der Waals surface area contributed by atoms with E-state index in [1.165, 1.54) is 12.8 Å². The number of rotatable bonds is 5. The van der Waals surface area contributed by atoms with Crippen molar-refractivity contribution >= 4 is 0 Å². The number of hydrogen-bond donors (Lipinski definition) is 3. The van der Waals surface area contributed by atoms with Crippen LogP contribution in [0.1, 0.15) is 19.8 Å². The molecule has 0 amide bonds. The summed E-state index contributed by atoms with van der Waals surface area (Å²) in [5.41, 5.74) is 0. The second-order valence-electron chi connectivity index (χ2n) is 3.35. The summed E-state index contributed by atoms with van der Waals surface area (Å²) >= 11 is 0. The second kappa shape index (κ2) is 4.04. The summed E-state index contributed by atoms with van der Waals surface area (Å²) in [6.07, 6.45) is 2.58. The zero-order chi connectivity index (χ0) is 8.27. The molecule has 0 unspecified atom stereocenters. The number of aliphatic hydroxyl groups excluding tert-OH is 2. The van der Waals surface area contributed by atoms with Gasteiger partial charge in [0.05, 0.1) is 19.3 Å². The van der Waals surface area contributed by atoms with Crippen molar-refractivity contribution in [2.45, 2.75) is 31.8 Å². The minimum absolute atomic E-state index is 0.0214. The molecule has 1 fully saturated rings. The van der Waals surface area contributed by atoms with Crippen LogP contribution in [0.25, 0.3) is 0 Å². The normalized spacial score (nSPS) is 20.7. The summed E-state index contributed by atoms with van der Waals surface area (Å²) in [5.74, 6) is 0.774. The van der Waals surface area contributed by atoms with Gasteiger partial charge < -0.3 is 15.5 Å². The molecule has 0 aromatic rings. The Bertz CT molecular complexity index is 111. The minimum Gasteiger partial charge on any atom is -0.395 e. The van der Waals surface area contributed by atoms with Crippen LogP contribution in [0.4, 0.5) is 0 Å². The minimum atomic E-state index is -0.134. The van der Waals surface area contributed by atoms with Crippen LogP contribution in [0.15, 0.2) is 0 Å². The summed E-state index contributed by atoms with van der Waals surface area (Å²) in [5, 5.41) is 20.7. The van der Waals surface area contributed by atoms with Gasteiger partial charge in [-0.2, -0.15) is 0 Å². The lowest BCUT2D eigenvalue weighted by atomic mass is 10.2. The van der Waals surface area contributed by atoms with E-state index in [0.717, 1.165) is 5.92 Å². The lowest BCUT2D eigenvalue weighted by molar-refractivity contribution is 0.161.